The molecule has 0 radical (unpaired) electrons. The molecule has 0 saturated heterocycles. The standard InChI is InChI=1S/C21H29N3O4S2/c1-21(2,3)30(27,28)13-16(8-15-4-6-23-7-5-15)9-19(25)17(11-20(22)26)10-18-12-29-14-24-18/h4-7,12,14,16-17H,8-11,13H2,1-3H3,(H2,22,26)/t16-,17-/m1/s1. The normalized spacial score (nSPS) is 14.2. The van der Waals surface area contributed by atoms with Crippen molar-refractivity contribution in [3.8, 4) is 0 Å². The van der Waals surface area contributed by atoms with Gasteiger partial charge in [-0.15, -0.1) is 11.3 Å². The van der Waals surface area contributed by atoms with E-state index in [0.29, 0.717) is 12.8 Å². The molecular formula is C21H29N3O4S2. The first-order valence-corrected chi connectivity index (χ1v) is 12.4. The zero-order valence-electron chi connectivity index (χ0n) is 17.6. The number of Topliss-reactive ketones (excluding diaryl/α,β-unsaturated/α-hetero) is 1. The second kappa shape index (κ2) is 10.3. The molecule has 2 aromatic heterocycles. The smallest absolute Gasteiger partial charge is 0.218 e. The number of carbonyl (C=O) groups is 2. The second-order valence-corrected chi connectivity index (χ2v) is 12.0. The molecule has 2 atom stereocenters. The van der Waals surface area contributed by atoms with Crippen LogP contribution in [0.4, 0.5) is 0 Å². The number of aromatic nitrogens is 2. The molecule has 7 nitrogen and oxygen atoms in total. The van der Waals surface area contributed by atoms with Crippen LogP contribution in [-0.4, -0.2) is 40.6 Å². The third-order valence-corrected chi connectivity index (χ3v) is 8.41. The van der Waals surface area contributed by atoms with E-state index in [1.54, 1.807) is 38.7 Å². The van der Waals surface area contributed by atoms with Crippen LogP contribution in [0, 0.1) is 11.8 Å². The predicted octanol–water partition coefficient (Wildman–Crippen LogP) is 2.60. The fourth-order valence-electron chi connectivity index (χ4n) is 3.19. The second-order valence-electron chi connectivity index (χ2n) is 8.54. The number of thiazole rings is 1. The van der Waals surface area contributed by atoms with Gasteiger partial charge in [-0.05, 0) is 50.8 Å². The summed E-state index contributed by atoms with van der Waals surface area (Å²) in [5, 5.41) is 1.83. The van der Waals surface area contributed by atoms with Gasteiger partial charge in [0.25, 0.3) is 0 Å². The summed E-state index contributed by atoms with van der Waals surface area (Å²) in [5.74, 6) is -1.84. The molecule has 0 spiro atoms. The number of pyridine rings is 1. The predicted molar refractivity (Wildman–Crippen MR) is 118 cm³/mol. The number of carbonyl (C=O) groups excluding carboxylic acids is 2. The Hall–Kier alpha value is -2.13. The van der Waals surface area contributed by atoms with Crippen LogP contribution in [0.5, 0.6) is 0 Å². The van der Waals surface area contributed by atoms with Gasteiger partial charge in [-0.2, -0.15) is 0 Å². The van der Waals surface area contributed by atoms with Crippen molar-refractivity contribution in [3.05, 3.63) is 46.7 Å². The maximum atomic E-state index is 13.1. The van der Waals surface area contributed by atoms with Gasteiger partial charge >= 0.3 is 0 Å². The van der Waals surface area contributed by atoms with Gasteiger partial charge in [0.05, 0.1) is 21.7 Å². The summed E-state index contributed by atoms with van der Waals surface area (Å²) in [6.45, 7) is 4.98. The molecule has 2 rings (SSSR count). The minimum atomic E-state index is -3.43. The Balaban J connectivity index is 2.22. The molecule has 2 aromatic rings. The van der Waals surface area contributed by atoms with Gasteiger partial charge in [0.15, 0.2) is 9.84 Å². The monoisotopic (exact) mass is 451 g/mol. The molecule has 9 heteroatoms. The first kappa shape index (κ1) is 24.1. The lowest BCUT2D eigenvalue weighted by atomic mass is 9.87. The number of nitrogens with zero attached hydrogens (tertiary/aromatic N) is 2. The van der Waals surface area contributed by atoms with E-state index >= 15 is 0 Å². The van der Waals surface area contributed by atoms with E-state index < -0.39 is 32.3 Å². The highest BCUT2D eigenvalue weighted by molar-refractivity contribution is 7.92. The first-order chi connectivity index (χ1) is 14.0. The van der Waals surface area contributed by atoms with Crippen LogP contribution in [0.2, 0.25) is 0 Å². The lowest BCUT2D eigenvalue weighted by Crippen LogP contribution is -2.35. The molecule has 2 heterocycles. The van der Waals surface area contributed by atoms with E-state index in [2.05, 4.69) is 9.97 Å². The van der Waals surface area contributed by atoms with Crippen molar-refractivity contribution < 1.29 is 18.0 Å². The van der Waals surface area contributed by atoms with Crippen molar-refractivity contribution in [3.63, 3.8) is 0 Å². The lowest BCUT2D eigenvalue weighted by Gasteiger charge is -2.25. The third kappa shape index (κ3) is 7.28. The molecule has 0 aliphatic heterocycles. The Labute approximate surface area is 182 Å². The number of primary amides is 1. The molecule has 0 fully saturated rings. The summed E-state index contributed by atoms with van der Waals surface area (Å²) < 4.78 is 24.7. The number of sulfone groups is 1. The van der Waals surface area contributed by atoms with Gasteiger partial charge in [0, 0.05) is 43.0 Å². The molecule has 30 heavy (non-hydrogen) atoms. The third-order valence-electron chi connectivity index (χ3n) is 4.99. The molecule has 2 N–H and O–H groups in total. The van der Waals surface area contributed by atoms with Crippen molar-refractivity contribution >= 4 is 32.9 Å². The highest BCUT2D eigenvalue weighted by Crippen LogP contribution is 2.25. The topological polar surface area (TPSA) is 120 Å². The summed E-state index contributed by atoms with van der Waals surface area (Å²) in [5.41, 5.74) is 8.68. The molecule has 0 saturated carbocycles. The van der Waals surface area contributed by atoms with E-state index in [-0.39, 0.29) is 24.4 Å². The Kier molecular flexibility index (Phi) is 8.25. The molecule has 164 valence electrons. The average molecular weight is 452 g/mol. The zero-order chi connectivity index (χ0) is 22.4. The summed E-state index contributed by atoms with van der Waals surface area (Å²) in [4.78, 5) is 32.8. The van der Waals surface area contributed by atoms with E-state index in [0.717, 1.165) is 11.3 Å². The SMILES string of the molecule is CC(C)(C)S(=O)(=O)C[C@@H](CC(=O)[C@@H](CC(N)=O)Cc1cscn1)Cc1ccncc1. The van der Waals surface area contributed by atoms with Crippen LogP contribution in [0.15, 0.2) is 35.4 Å². The minimum Gasteiger partial charge on any atom is -0.370 e. The Morgan fingerprint density at radius 2 is 1.80 bits per heavy atom. The number of hydrogen-bond donors (Lipinski definition) is 1. The largest absolute Gasteiger partial charge is 0.370 e. The number of nitrogens with two attached hydrogens (primary N) is 1. The fraction of sp³-hybridized carbons (Fsp3) is 0.524. The number of amides is 1. The van der Waals surface area contributed by atoms with Crippen molar-refractivity contribution in [1.29, 1.82) is 0 Å². The summed E-state index contributed by atoms with van der Waals surface area (Å²) in [6, 6.07) is 3.63. The Morgan fingerprint density at radius 1 is 1.13 bits per heavy atom. The maximum Gasteiger partial charge on any atom is 0.218 e. The van der Waals surface area contributed by atoms with Crippen LogP contribution < -0.4 is 5.73 Å². The van der Waals surface area contributed by atoms with Crippen molar-refractivity contribution in [1.82, 2.24) is 9.97 Å². The number of hydrogen-bond acceptors (Lipinski definition) is 7. The first-order valence-electron chi connectivity index (χ1n) is 9.77. The zero-order valence-corrected chi connectivity index (χ0v) is 19.2. The maximum absolute atomic E-state index is 13.1. The van der Waals surface area contributed by atoms with Crippen LogP contribution >= 0.6 is 11.3 Å². The molecule has 0 bridgehead atoms. The number of ketones is 1. The number of rotatable bonds is 11. The van der Waals surface area contributed by atoms with Crippen LogP contribution in [0.3, 0.4) is 0 Å². The van der Waals surface area contributed by atoms with Gasteiger partial charge < -0.3 is 5.73 Å². The molecule has 1 amide bonds. The fourth-order valence-corrected chi connectivity index (χ4v) is 5.11. The van der Waals surface area contributed by atoms with Crippen molar-refractivity contribution in [2.75, 3.05) is 5.75 Å². The quantitative estimate of drug-likeness (QED) is 0.561. The van der Waals surface area contributed by atoms with E-state index in [9.17, 15) is 18.0 Å². The van der Waals surface area contributed by atoms with Gasteiger partial charge in [0.1, 0.15) is 5.78 Å². The van der Waals surface area contributed by atoms with Crippen LogP contribution in [-0.2, 0) is 32.3 Å². The van der Waals surface area contributed by atoms with E-state index in [4.69, 9.17) is 5.73 Å². The Morgan fingerprint density at radius 3 is 2.33 bits per heavy atom. The summed E-state index contributed by atoms with van der Waals surface area (Å²) in [6.07, 6.45) is 4.02. The van der Waals surface area contributed by atoms with Crippen molar-refractivity contribution in [2.45, 2.75) is 51.2 Å². The Bertz CT molecular complexity index is 936. The van der Waals surface area contributed by atoms with Gasteiger partial charge in [-0.3, -0.25) is 14.6 Å². The van der Waals surface area contributed by atoms with Crippen molar-refractivity contribution in [2.24, 2.45) is 17.6 Å². The average Bonchev–Trinajstić information content (AvgIpc) is 3.13. The highest BCUT2D eigenvalue weighted by atomic mass is 32.2. The summed E-state index contributed by atoms with van der Waals surface area (Å²) >= 11 is 1.41. The van der Waals surface area contributed by atoms with E-state index in [1.165, 1.54) is 11.3 Å². The highest BCUT2D eigenvalue weighted by Gasteiger charge is 2.33. The molecule has 0 aromatic carbocycles. The van der Waals surface area contributed by atoms with Gasteiger partial charge in [0.2, 0.25) is 5.91 Å². The van der Waals surface area contributed by atoms with E-state index in [1.807, 2.05) is 17.5 Å². The van der Waals surface area contributed by atoms with Crippen LogP contribution in [0.1, 0.15) is 44.9 Å². The van der Waals surface area contributed by atoms with Gasteiger partial charge in [-0.1, -0.05) is 0 Å². The molecular weight excluding hydrogens is 422 g/mol. The molecule has 0 unspecified atom stereocenters. The van der Waals surface area contributed by atoms with Gasteiger partial charge in [-0.25, -0.2) is 13.4 Å². The molecule has 0 aliphatic rings. The lowest BCUT2D eigenvalue weighted by molar-refractivity contribution is -0.128. The molecule has 0 aliphatic carbocycles. The van der Waals surface area contributed by atoms with Crippen LogP contribution in [0.25, 0.3) is 0 Å². The summed E-state index contributed by atoms with van der Waals surface area (Å²) in [7, 11) is -3.43. The minimum absolute atomic E-state index is 0.0553.